The molecule has 0 amide bonds. The maximum atomic E-state index is 2.50. The first-order chi connectivity index (χ1) is 5.47. The van der Waals surface area contributed by atoms with Gasteiger partial charge in [0.25, 0.3) is 0 Å². The Balaban J connectivity index is 2.01. The first-order valence-electron chi connectivity index (χ1n) is 5.13. The van der Waals surface area contributed by atoms with E-state index in [4.69, 9.17) is 0 Å². The molecule has 1 saturated carbocycles. The van der Waals surface area contributed by atoms with Crippen LogP contribution in [0.4, 0.5) is 0 Å². The van der Waals surface area contributed by atoms with Crippen molar-refractivity contribution in [3.8, 4) is 0 Å². The van der Waals surface area contributed by atoms with E-state index in [1.54, 1.807) is 0 Å². The lowest BCUT2D eigenvalue weighted by Crippen LogP contribution is -2.06. The van der Waals surface area contributed by atoms with Crippen molar-refractivity contribution in [1.29, 1.82) is 0 Å². The molecule has 0 saturated heterocycles. The molecule has 0 aromatic rings. The molecule has 0 aliphatic heterocycles. The van der Waals surface area contributed by atoms with Crippen LogP contribution in [0.5, 0.6) is 0 Å². The van der Waals surface area contributed by atoms with Gasteiger partial charge in [-0.15, -0.1) is 0 Å². The van der Waals surface area contributed by atoms with Crippen LogP contribution in [0.2, 0.25) is 0 Å². The number of fused-ring (bicyclic) bond motifs is 1. The summed E-state index contributed by atoms with van der Waals surface area (Å²) in [6.07, 6.45) is 15.1. The second-order valence-corrected chi connectivity index (χ2v) is 4.07. The molecule has 62 valence electrons. The summed E-state index contributed by atoms with van der Waals surface area (Å²) >= 11 is 0. The van der Waals surface area contributed by atoms with Gasteiger partial charge in [0.05, 0.1) is 0 Å². The van der Waals surface area contributed by atoms with E-state index in [-0.39, 0.29) is 0 Å². The van der Waals surface area contributed by atoms with E-state index in [0.29, 0.717) is 0 Å². The number of hydrogen-bond donors (Lipinski definition) is 0. The van der Waals surface area contributed by atoms with Gasteiger partial charge in [-0.3, -0.25) is 0 Å². The minimum absolute atomic E-state index is 0.968. The summed E-state index contributed by atoms with van der Waals surface area (Å²) in [4.78, 5) is 0. The van der Waals surface area contributed by atoms with Gasteiger partial charge in [0.15, 0.2) is 0 Å². The summed E-state index contributed by atoms with van der Waals surface area (Å²) in [5, 5.41) is 0. The minimum Gasteiger partial charge on any atom is -0.0882 e. The third-order valence-corrected chi connectivity index (χ3v) is 3.30. The highest BCUT2D eigenvalue weighted by Crippen LogP contribution is 2.37. The molecule has 0 heterocycles. The highest BCUT2D eigenvalue weighted by atomic mass is 14.3. The van der Waals surface area contributed by atoms with Crippen molar-refractivity contribution in [2.45, 2.75) is 44.9 Å². The quantitative estimate of drug-likeness (QED) is 0.463. The van der Waals surface area contributed by atoms with Crippen LogP contribution in [-0.4, -0.2) is 0 Å². The lowest BCUT2D eigenvalue weighted by molar-refractivity contribution is 0.400. The molecule has 0 bridgehead atoms. The van der Waals surface area contributed by atoms with Crippen LogP contribution in [0.25, 0.3) is 0 Å². The van der Waals surface area contributed by atoms with Gasteiger partial charge in [0.1, 0.15) is 0 Å². The standard InChI is InChI=1S/C11H18/c1-2-4-7-11-9-5-8-10(11)6-3-1/h3,6,10-11H,1-2,4-5,7-9H2/b6-3-. The Hall–Kier alpha value is -0.260. The van der Waals surface area contributed by atoms with Crippen LogP contribution < -0.4 is 0 Å². The third kappa shape index (κ3) is 1.66. The van der Waals surface area contributed by atoms with Gasteiger partial charge in [-0.1, -0.05) is 25.0 Å². The van der Waals surface area contributed by atoms with Crippen molar-refractivity contribution in [3.63, 3.8) is 0 Å². The minimum atomic E-state index is 0.968. The van der Waals surface area contributed by atoms with Crippen LogP contribution >= 0.6 is 0 Å². The molecule has 2 unspecified atom stereocenters. The van der Waals surface area contributed by atoms with E-state index >= 15 is 0 Å². The maximum absolute atomic E-state index is 2.50. The number of allylic oxidation sites excluding steroid dienone is 2. The molecule has 0 aromatic carbocycles. The van der Waals surface area contributed by atoms with E-state index in [1.807, 2.05) is 0 Å². The van der Waals surface area contributed by atoms with Gasteiger partial charge in [-0.05, 0) is 43.9 Å². The average molecular weight is 150 g/mol. The smallest absolute Gasteiger partial charge is 0.0205 e. The van der Waals surface area contributed by atoms with E-state index in [1.165, 1.54) is 44.9 Å². The Labute approximate surface area is 69.7 Å². The average Bonchev–Trinajstić information content (AvgIpc) is 2.35. The van der Waals surface area contributed by atoms with Crippen molar-refractivity contribution in [3.05, 3.63) is 12.2 Å². The van der Waals surface area contributed by atoms with Gasteiger partial charge in [0.2, 0.25) is 0 Å². The Morgan fingerprint density at radius 3 is 2.82 bits per heavy atom. The van der Waals surface area contributed by atoms with Gasteiger partial charge >= 0.3 is 0 Å². The highest BCUT2D eigenvalue weighted by molar-refractivity contribution is 4.96. The molecule has 0 heteroatoms. The third-order valence-electron chi connectivity index (χ3n) is 3.30. The molecule has 1 fully saturated rings. The summed E-state index contributed by atoms with van der Waals surface area (Å²) in [5.74, 6) is 2.03. The number of hydrogen-bond acceptors (Lipinski definition) is 0. The fourth-order valence-corrected chi connectivity index (χ4v) is 2.62. The second kappa shape index (κ2) is 3.42. The monoisotopic (exact) mass is 150 g/mol. The lowest BCUT2D eigenvalue weighted by atomic mass is 9.88. The summed E-state index contributed by atoms with van der Waals surface area (Å²) in [5.41, 5.74) is 0. The molecule has 2 rings (SSSR count). The molecule has 0 radical (unpaired) electrons. The first-order valence-corrected chi connectivity index (χ1v) is 5.13. The zero-order valence-electron chi connectivity index (χ0n) is 7.26. The lowest BCUT2D eigenvalue weighted by Gasteiger charge is -2.17. The molecule has 0 spiro atoms. The van der Waals surface area contributed by atoms with Crippen molar-refractivity contribution in [1.82, 2.24) is 0 Å². The SMILES string of the molecule is C1=C\C2CCCC2CCCC/1. The normalized spacial score (nSPS) is 40.7. The largest absolute Gasteiger partial charge is 0.0882 e. The zero-order valence-corrected chi connectivity index (χ0v) is 7.26. The van der Waals surface area contributed by atoms with Gasteiger partial charge in [-0.25, -0.2) is 0 Å². The van der Waals surface area contributed by atoms with Gasteiger partial charge in [0, 0.05) is 0 Å². The van der Waals surface area contributed by atoms with E-state index in [0.717, 1.165) is 11.8 Å². The maximum Gasteiger partial charge on any atom is -0.0205 e. The summed E-state index contributed by atoms with van der Waals surface area (Å²) in [6.45, 7) is 0. The van der Waals surface area contributed by atoms with E-state index in [2.05, 4.69) is 12.2 Å². The van der Waals surface area contributed by atoms with Crippen LogP contribution in [0, 0.1) is 11.8 Å². The predicted molar refractivity (Wildman–Crippen MR) is 48.4 cm³/mol. The Morgan fingerprint density at radius 2 is 1.82 bits per heavy atom. The second-order valence-electron chi connectivity index (χ2n) is 4.07. The predicted octanol–water partition coefficient (Wildman–Crippen LogP) is 3.53. The van der Waals surface area contributed by atoms with E-state index < -0.39 is 0 Å². The van der Waals surface area contributed by atoms with Crippen LogP contribution in [0.1, 0.15) is 44.9 Å². The fraction of sp³-hybridized carbons (Fsp3) is 0.818. The van der Waals surface area contributed by atoms with Gasteiger partial charge in [-0.2, -0.15) is 0 Å². The van der Waals surface area contributed by atoms with E-state index in [9.17, 15) is 0 Å². The van der Waals surface area contributed by atoms with Crippen molar-refractivity contribution in [2.24, 2.45) is 11.8 Å². The van der Waals surface area contributed by atoms with Crippen molar-refractivity contribution in [2.75, 3.05) is 0 Å². The Bertz CT molecular complexity index is 146. The molecule has 2 aliphatic carbocycles. The molecular formula is C11H18. The van der Waals surface area contributed by atoms with Crippen LogP contribution in [-0.2, 0) is 0 Å². The fourth-order valence-electron chi connectivity index (χ4n) is 2.62. The number of rotatable bonds is 0. The topological polar surface area (TPSA) is 0 Å². The summed E-state index contributed by atoms with van der Waals surface area (Å²) < 4.78 is 0. The molecule has 0 aromatic heterocycles. The Morgan fingerprint density at radius 1 is 0.909 bits per heavy atom. The van der Waals surface area contributed by atoms with Gasteiger partial charge < -0.3 is 0 Å². The summed E-state index contributed by atoms with van der Waals surface area (Å²) in [6, 6.07) is 0. The highest BCUT2D eigenvalue weighted by Gasteiger charge is 2.24. The molecule has 0 N–H and O–H groups in total. The molecule has 2 atom stereocenters. The molecule has 0 nitrogen and oxygen atoms in total. The first kappa shape index (κ1) is 7.39. The zero-order chi connectivity index (χ0) is 7.52. The Kier molecular flexibility index (Phi) is 2.30. The van der Waals surface area contributed by atoms with Crippen molar-refractivity contribution >= 4 is 0 Å². The van der Waals surface area contributed by atoms with Crippen molar-refractivity contribution < 1.29 is 0 Å². The van der Waals surface area contributed by atoms with Crippen LogP contribution in [0.15, 0.2) is 12.2 Å². The molecule has 11 heavy (non-hydrogen) atoms. The molecular weight excluding hydrogens is 132 g/mol. The molecule has 2 aliphatic rings. The van der Waals surface area contributed by atoms with Crippen LogP contribution in [0.3, 0.4) is 0 Å². The summed E-state index contributed by atoms with van der Waals surface area (Å²) in [7, 11) is 0.